The Morgan fingerprint density at radius 3 is 2.30 bits per heavy atom. The van der Waals surface area contributed by atoms with Gasteiger partial charge in [0.1, 0.15) is 11.5 Å². The Morgan fingerprint density at radius 2 is 1.65 bits per heavy atom. The minimum atomic E-state index is -3.66. The summed E-state index contributed by atoms with van der Waals surface area (Å²) in [7, 11) is -3.66. The number of nitrogens with zero attached hydrogens (tertiary/aromatic N) is 7. The van der Waals surface area contributed by atoms with Crippen LogP contribution in [-0.2, 0) is 21.2 Å². The lowest BCUT2D eigenvalue weighted by Crippen LogP contribution is -2.50. The van der Waals surface area contributed by atoms with E-state index in [9.17, 15) is 13.2 Å². The third-order valence-electron chi connectivity index (χ3n) is 5.94. The number of piperazine rings is 1. The number of anilines is 1. The Balaban J connectivity index is 1.29. The first-order chi connectivity index (χ1) is 17.9. The molecule has 2 N–H and O–H groups in total. The molecule has 1 amide bonds. The van der Waals surface area contributed by atoms with Gasteiger partial charge in [0.25, 0.3) is 0 Å². The van der Waals surface area contributed by atoms with Crippen LogP contribution in [0.25, 0.3) is 0 Å². The summed E-state index contributed by atoms with van der Waals surface area (Å²) in [5, 5.41) is 0. The van der Waals surface area contributed by atoms with Crippen molar-refractivity contribution in [2.24, 2.45) is 11.7 Å². The van der Waals surface area contributed by atoms with E-state index in [1.807, 2.05) is 23.1 Å². The van der Waals surface area contributed by atoms with Crippen molar-refractivity contribution >= 4 is 21.9 Å². The van der Waals surface area contributed by atoms with E-state index >= 15 is 0 Å². The average molecular weight is 521 g/mol. The number of sulfonamides is 1. The summed E-state index contributed by atoms with van der Waals surface area (Å²) in [4.78, 5) is 35.1. The summed E-state index contributed by atoms with van der Waals surface area (Å²) in [5.41, 5.74) is 6.85. The molecule has 192 valence electrons. The number of pyridine rings is 1. The Bertz CT molecular complexity index is 1340. The largest absolute Gasteiger partial charge is 0.369 e. The van der Waals surface area contributed by atoms with Crippen molar-refractivity contribution < 1.29 is 13.2 Å². The van der Waals surface area contributed by atoms with Crippen LogP contribution in [0.1, 0.15) is 29.9 Å². The predicted octanol–water partition coefficient (Wildman–Crippen LogP) is 0.638. The number of aromatic nitrogens is 5. The minimum Gasteiger partial charge on any atom is -0.369 e. The predicted molar refractivity (Wildman–Crippen MR) is 137 cm³/mol. The summed E-state index contributed by atoms with van der Waals surface area (Å²) in [5.74, 6) is 5.41. The van der Waals surface area contributed by atoms with E-state index in [4.69, 9.17) is 5.73 Å². The third-order valence-corrected chi connectivity index (χ3v) is 7.91. The van der Waals surface area contributed by atoms with E-state index in [1.165, 1.54) is 4.31 Å². The van der Waals surface area contributed by atoms with Gasteiger partial charge in [0.05, 0.1) is 17.2 Å². The monoisotopic (exact) mass is 520 g/mol. The lowest BCUT2D eigenvalue weighted by molar-refractivity contribution is -0.121. The van der Waals surface area contributed by atoms with Crippen molar-refractivity contribution in [3.8, 4) is 11.8 Å². The van der Waals surface area contributed by atoms with E-state index in [2.05, 4.69) is 36.8 Å². The number of hydrogen-bond donors (Lipinski definition) is 1. The lowest BCUT2D eigenvalue weighted by Gasteiger charge is -2.34. The number of carbonyl (C=O) groups is 1. The van der Waals surface area contributed by atoms with Gasteiger partial charge in [-0.25, -0.2) is 33.3 Å². The molecule has 1 atom stereocenters. The van der Waals surface area contributed by atoms with Gasteiger partial charge in [0, 0.05) is 63.6 Å². The first kappa shape index (κ1) is 26.1. The maximum atomic E-state index is 13.0. The molecule has 0 radical (unpaired) electrons. The van der Waals surface area contributed by atoms with Gasteiger partial charge in [-0.3, -0.25) is 4.79 Å². The topological polar surface area (TPSA) is 148 Å². The molecule has 0 aliphatic carbocycles. The van der Waals surface area contributed by atoms with Crippen LogP contribution in [0.2, 0.25) is 0 Å². The average Bonchev–Trinajstić information content (AvgIpc) is 2.93. The van der Waals surface area contributed by atoms with Crippen LogP contribution < -0.4 is 10.6 Å². The molecule has 1 aliphatic rings. The van der Waals surface area contributed by atoms with Gasteiger partial charge in [-0.2, -0.15) is 4.31 Å². The van der Waals surface area contributed by atoms with Crippen molar-refractivity contribution in [2.45, 2.75) is 19.3 Å². The second-order valence-electron chi connectivity index (χ2n) is 8.56. The molecule has 4 rings (SSSR count). The van der Waals surface area contributed by atoms with Crippen molar-refractivity contribution in [2.75, 3.05) is 36.8 Å². The zero-order valence-electron chi connectivity index (χ0n) is 20.3. The van der Waals surface area contributed by atoms with Gasteiger partial charge < -0.3 is 10.6 Å². The first-order valence-corrected chi connectivity index (χ1v) is 13.5. The van der Waals surface area contributed by atoms with Crippen molar-refractivity contribution in [3.05, 3.63) is 72.3 Å². The van der Waals surface area contributed by atoms with Crippen LogP contribution in [0.5, 0.6) is 0 Å². The van der Waals surface area contributed by atoms with Crippen LogP contribution >= 0.6 is 0 Å². The van der Waals surface area contributed by atoms with Crippen LogP contribution in [0, 0.1) is 17.8 Å². The SMILES string of the molecule is NC(=O)C(CCCc1ncccn1)CS(=O)(=O)N1CCN(c2ncc(C#Cc3ccccn3)cn2)CC1. The normalized spacial score (nSPS) is 15.0. The molecule has 11 nitrogen and oxygen atoms in total. The zero-order chi connectivity index (χ0) is 26.1. The quantitative estimate of drug-likeness (QED) is 0.401. The summed E-state index contributed by atoms with van der Waals surface area (Å²) < 4.78 is 27.5. The maximum Gasteiger partial charge on any atom is 0.225 e. The van der Waals surface area contributed by atoms with Gasteiger partial charge >= 0.3 is 0 Å². The standard InChI is InChI=1S/C25H28N8O3S/c26-24(34)21(5-3-7-23-28-11-4-12-29-23)19-37(35,36)33-15-13-32(14-16-33)25-30-17-20(18-31-25)8-9-22-6-1-2-10-27-22/h1-2,4,6,10-12,17-18,21H,3,5,7,13-16,19H2,(H2,26,34). The van der Waals surface area contributed by atoms with E-state index in [0.717, 1.165) is 0 Å². The van der Waals surface area contributed by atoms with Crippen LogP contribution in [0.15, 0.2) is 55.2 Å². The molecule has 0 saturated carbocycles. The van der Waals surface area contributed by atoms with E-state index in [1.54, 1.807) is 37.1 Å². The molecule has 0 spiro atoms. The number of aryl methyl sites for hydroxylation is 1. The van der Waals surface area contributed by atoms with Gasteiger partial charge in [-0.15, -0.1) is 0 Å². The van der Waals surface area contributed by atoms with Gasteiger partial charge in [-0.05, 0) is 37.0 Å². The fraction of sp³-hybridized carbons (Fsp3) is 0.360. The molecule has 1 saturated heterocycles. The molecule has 37 heavy (non-hydrogen) atoms. The van der Waals surface area contributed by atoms with Crippen LogP contribution in [-0.4, -0.2) is 75.5 Å². The van der Waals surface area contributed by atoms with Crippen molar-refractivity contribution in [1.82, 2.24) is 29.2 Å². The minimum absolute atomic E-state index is 0.274. The third kappa shape index (κ3) is 7.52. The molecular weight excluding hydrogens is 492 g/mol. The number of amides is 1. The molecule has 12 heteroatoms. The lowest BCUT2D eigenvalue weighted by atomic mass is 10.0. The Kier molecular flexibility index (Phi) is 8.71. The summed E-state index contributed by atoms with van der Waals surface area (Å²) in [6, 6.07) is 7.24. The highest BCUT2D eigenvalue weighted by Crippen LogP contribution is 2.18. The summed E-state index contributed by atoms with van der Waals surface area (Å²) in [6.07, 6.45) is 9.73. The number of nitrogens with two attached hydrogens (primary N) is 1. The van der Waals surface area contributed by atoms with Crippen LogP contribution in [0.3, 0.4) is 0 Å². The number of carbonyl (C=O) groups excluding carboxylic acids is 1. The van der Waals surface area contributed by atoms with E-state index in [0.29, 0.717) is 55.4 Å². The second kappa shape index (κ2) is 12.3. The molecule has 3 aromatic heterocycles. The first-order valence-electron chi connectivity index (χ1n) is 11.9. The molecule has 0 bridgehead atoms. The fourth-order valence-corrected chi connectivity index (χ4v) is 5.69. The summed E-state index contributed by atoms with van der Waals surface area (Å²) >= 11 is 0. The highest BCUT2D eigenvalue weighted by atomic mass is 32.2. The van der Waals surface area contributed by atoms with E-state index in [-0.39, 0.29) is 18.8 Å². The molecular formula is C25H28N8O3S. The maximum absolute atomic E-state index is 13.0. The molecule has 3 aromatic rings. The number of rotatable bonds is 9. The molecule has 1 unspecified atom stereocenters. The van der Waals surface area contributed by atoms with Gasteiger partial charge in [-0.1, -0.05) is 12.0 Å². The fourth-order valence-electron chi connectivity index (χ4n) is 3.92. The highest BCUT2D eigenvalue weighted by molar-refractivity contribution is 7.89. The molecule has 1 fully saturated rings. The van der Waals surface area contributed by atoms with E-state index < -0.39 is 21.8 Å². The van der Waals surface area contributed by atoms with Gasteiger partial charge in [0.2, 0.25) is 21.9 Å². The Labute approximate surface area is 216 Å². The van der Waals surface area contributed by atoms with Crippen molar-refractivity contribution in [3.63, 3.8) is 0 Å². The summed E-state index contributed by atoms with van der Waals surface area (Å²) in [6.45, 7) is 1.42. The Hall–Kier alpha value is -3.95. The smallest absolute Gasteiger partial charge is 0.225 e. The highest BCUT2D eigenvalue weighted by Gasteiger charge is 2.31. The zero-order valence-corrected chi connectivity index (χ0v) is 21.1. The second-order valence-corrected chi connectivity index (χ2v) is 10.6. The van der Waals surface area contributed by atoms with Crippen molar-refractivity contribution in [1.29, 1.82) is 0 Å². The molecule has 0 aromatic carbocycles. The van der Waals surface area contributed by atoms with Crippen LogP contribution in [0.4, 0.5) is 5.95 Å². The van der Waals surface area contributed by atoms with Gasteiger partial charge in [0.15, 0.2) is 0 Å². The molecule has 4 heterocycles. The Morgan fingerprint density at radius 1 is 0.946 bits per heavy atom. The molecule has 1 aliphatic heterocycles. The number of primary amides is 1. The number of hydrogen-bond acceptors (Lipinski definition) is 9.